The van der Waals surface area contributed by atoms with Gasteiger partial charge >= 0.3 is 0 Å². The lowest BCUT2D eigenvalue weighted by Gasteiger charge is -2.14. The van der Waals surface area contributed by atoms with Gasteiger partial charge in [0, 0.05) is 11.5 Å². The van der Waals surface area contributed by atoms with Crippen LogP contribution < -0.4 is 4.72 Å². The molecule has 2 aromatic rings. The van der Waals surface area contributed by atoms with Crippen LogP contribution in [0.15, 0.2) is 33.9 Å². The zero-order chi connectivity index (χ0) is 15.6. The van der Waals surface area contributed by atoms with Crippen molar-refractivity contribution in [2.75, 3.05) is 0 Å². The molecule has 9 heteroatoms. The quantitative estimate of drug-likeness (QED) is 0.816. The van der Waals surface area contributed by atoms with Gasteiger partial charge in [0.05, 0.1) is 17.5 Å². The Bertz CT molecular complexity index is 745. The SMILES string of the molecule is CC(NS(=O)(=O)c1ccc(CO)cc1Br)c1nncn1C. The highest BCUT2D eigenvalue weighted by atomic mass is 79.9. The Kier molecular flexibility index (Phi) is 4.77. The molecule has 0 amide bonds. The highest BCUT2D eigenvalue weighted by Gasteiger charge is 2.23. The van der Waals surface area contributed by atoms with Gasteiger partial charge in [-0.15, -0.1) is 10.2 Å². The van der Waals surface area contributed by atoms with E-state index in [-0.39, 0.29) is 11.5 Å². The van der Waals surface area contributed by atoms with Crippen molar-refractivity contribution in [2.45, 2.75) is 24.5 Å². The number of nitrogens with zero attached hydrogens (tertiary/aromatic N) is 3. The van der Waals surface area contributed by atoms with Gasteiger partial charge in [0.15, 0.2) is 0 Å². The molecule has 0 spiro atoms. The van der Waals surface area contributed by atoms with Gasteiger partial charge in [-0.2, -0.15) is 0 Å². The molecular formula is C12H15BrN4O3S. The van der Waals surface area contributed by atoms with Gasteiger partial charge < -0.3 is 9.67 Å². The molecule has 1 heterocycles. The van der Waals surface area contributed by atoms with E-state index < -0.39 is 16.1 Å². The summed E-state index contributed by atoms with van der Waals surface area (Å²) in [7, 11) is -1.98. The topological polar surface area (TPSA) is 97.1 Å². The predicted molar refractivity (Wildman–Crippen MR) is 79.8 cm³/mol. The van der Waals surface area contributed by atoms with Crippen LogP contribution in [0.4, 0.5) is 0 Å². The molecule has 0 bridgehead atoms. The number of nitrogens with one attached hydrogen (secondary N) is 1. The summed E-state index contributed by atoms with van der Waals surface area (Å²) < 4.78 is 29.4. The number of hydrogen-bond donors (Lipinski definition) is 2. The van der Waals surface area contributed by atoms with Gasteiger partial charge in [0.2, 0.25) is 10.0 Å². The summed E-state index contributed by atoms with van der Waals surface area (Å²) in [5.41, 5.74) is 0.627. The molecule has 1 aromatic carbocycles. The molecule has 1 unspecified atom stereocenters. The average Bonchev–Trinajstić information content (AvgIpc) is 2.84. The van der Waals surface area contributed by atoms with Gasteiger partial charge in [0.1, 0.15) is 12.2 Å². The lowest BCUT2D eigenvalue weighted by molar-refractivity contribution is 0.281. The number of aliphatic hydroxyl groups excluding tert-OH is 1. The monoisotopic (exact) mass is 374 g/mol. The number of sulfonamides is 1. The van der Waals surface area contributed by atoms with Crippen LogP contribution in [0.5, 0.6) is 0 Å². The van der Waals surface area contributed by atoms with Crippen molar-refractivity contribution >= 4 is 26.0 Å². The number of aromatic nitrogens is 3. The van der Waals surface area contributed by atoms with E-state index >= 15 is 0 Å². The second-order valence-corrected chi connectivity index (χ2v) is 7.10. The standard InChI is InChI=1S/C12H15BrN4O3S/c1-8(12-15-14-7-17(12)2)16-21(19,20)11-4-3-9(6-18)5-10(11)13/h3-5,7-8,16,18H,6H2,1-2H3. The summed E-state index contributed by atoms with van der Waals surface area (Å²) in [5.74, 6) is 0.515. The first-order valence-electron chi connectivity index (χ1n) is 6.10. The molecule has 114 valence electrons. The fourth-order valence-electron chi connectivity index (χ4n) is 1.89. The molecule has 0 fully saturated rings. The van der Waals surface area contributed by atoms with Crippen molar-refractivity contribution in [2.24, 2.45) is 7.05 Å². The third kappa shape index (κ3) is 3.49. The minimum absolute atomic E-state index is 0.105. The Balaban J connectivity index is 2.28. The third-order valence-electron chi connectivity index (χ3n) is 2.93. The van der Waals surface area contributed by atoms with E-state index in [4.69, 9.17) is 5.11 Å². The lowest BCUT2D eigenvalue weighted by Crippen LogP contribution is -2.28. The normalized spacial score (nSPS) is 13.3. The van der Waals surface area contributed by atoms with Crippen molar-refractivity contribution in [3.63, 3.8) is 0 Å². The van der Waals surface area contributed by atoms with Crippen molar-refractivity contribution in [3.8, 4) is 0 Å². The molecule has 2 rings (SSSR count). The molecule has 0 aliphatic carbocycles. The van der Waals surface area contributed by atoms with Crippen LogP contribution in [0.2, 0.25) is 0 Å². The first-order chi connectivity index (χ1) is 9.85. The minimum atomic E-state index is -3.72. The molecule has 0 radical (unpaired) electrons. The van der Waals surface area contributed by atoms with Crippen LogP contribution in [0.25, 0.3) is 0 Å². The number of aryl methyl sites for hydroxylation is 1. The van der Waals surface area contributed by atoms with Gasteiger partial charge in [-0.1, -0.05) is 6.07 Å². The van der Waals surface area contributed by atoms with E-state index in [1.165, 1.54) is 12.4 Å². The molecule has 7 nitrogen and oxygen atoms in total. The molecule has 0 saturated heterocycles. The number of hydrogen-bond acceptors (Lipinski definition) is 5. The van der Waals surface area contributed by atoms with E-state index in [1.807, 2.05) is 0 Å². The molecule has 21 heavy (non-hydrogen) atoms. The predicted octanol–water partition coefficient (Wildman–Crippen LogP) is 1.11. The van der Waals surface area contributed by atoms with E-state index in [2.05, 4.69) is 30.8 Å². The second-order valence-electron chi connectivity index (χ2n) is 4.57. The summed E-state index contributed by atoms with van der Waals surface area (Å²) in [6, 6.07) is 4.06. The largest absolute Gasteiger partial charge is 0.392 e. The molecule has 1 atom stereocenters. The summed E-state index contributed by atoms with van der Waals surface area (Å²) in [6.07, 6.45) is 1.51. The summed E-state index contributed by atoms with van der Waals surface area (Å²) in [6.45, 7) is 1.54. The Hall–Kier alpha value is -1.29. The smallest absolute Gasteiger partial charge is 0.242 e. The average molecular weight is 375 g/mol. The molecule has 0 aliphatic heterocycles. The Morgan fingerprint density at radius 2 is 2.19 bits per heavy atom. The van der Waals surface area contributed by atoms with E-state index in [0.29, 0.717) is 15.9 Å². The molecule has 2 N–H and O–H groups in total. The Morgan fingerprint density at radius 1 is 1.48 bits per heavy atom. The summed E-state index contributed by atoms with van der Waals surface area (Å²) in [5, 5.41) is 16.7. The summed E-state index contributed by atoms with van der Waals surface area (Å²) >= 11 is 3.21. The van der Waals surface area contributed by atoms with Crippen molar-refractivity contribution < 1.29 is 13.5 Å². The van der Waals surface area contributed by atoms with Crippen LogP contribution >= 0.6 is 15.9 Å². The van der Waals surface area contributed by atoms with Crippen molar-refractivity contribution in [1.82, 2.24) is 19.5 Å². The zero-order valence-electron chi connectivity index (χ0n) is 11.5. The Labute approximate surface area is 131 Å². The second kappa shape index (κ2) is 6.22. The van der Waals surface area contributed by atoms with Gasteiger partial charge in [-0.3, -0.25) is 0 Å². The molecule has 0 saturated carbocycles. The highest BCUT2D eigenvalue weighted by molar-refractivity contribution is 9.10. The van der Waals surface area contributed by atoms with Crippen LogP contribution in [0, 0.1) is 0 Å². The van der Waals surface area contributed by atoms with Crippen LogP contribution in [0.1, 0.15) is 24.4 Å². The lowest BCUT2D eigenvalue weighted by atomic mass is 10.2. The highest BCUT2D eigenvalue weighted by Crippen LogP contribution is 2.24. The van der Waals surface area contributed by atoms with Gasteiger partial charge in [-0.25, -0.2) is 13.1 Å². The molecular weight excluding hydrogens is 360 g/mol. The Morgan fingerprint density at radius 3 is 2.71 bits per heavy atom. The van der Waals surface area contributed by atoms with Crippen molar-refractivity contribution in [1.29, 1.82) is 0 Å². The number of benzene rings is 1. The zero-order valence-corrected chi connectivity index (χ0v) is 13.9. The summed E-state index contributed by atoms with van der Waals surface area (Å²) in [4.78, 5) is 0.105. The van der Waals surface area contributed by atoms with E-state index in [0.717, 1.165) is 0 Å². The van der Waals surface area contributed by atoms with Gasteiger partial charge in [-0.05, 0) is 40.5 Å². The van der Waals surface area contributed by atoms with E-state index in [9.17, 15) is 8.42 Å². The van der Waals surface area contributed by atoms with E-state index in [1.54, 1.807) is 30.7 Å². The molecule has 0 aliphatic rings. The minimum Gasteiger partial charge on any atom is -0.392 e. The maximum Gasteiger partial charge on any atom is 0.242 e. The fraction of sp³-hybridized carbons (Fsp3) is 0.333. The first kappa shape index (κ1) is 16.1. The van der Waals surface area contributed by atoms with Crippen LogP contribution in [0.3, 0.4) is 0 Å². The van der Waals surface area contributed by atoms with Crippen LogP contribution in [-0.4, -0.2) is 28.3 Å². The first-order valence-corrected chi connectivity index (χ1v) is 8.38. The molecule has 1 aromatic heterocycles. The number of rotatable bonds is 5. The number of aliphatic hydroxyl groups is 1. The maximum atomic E-state index is 12.4. The maximum absolute atomic E-state index is 12.4. The van der Waals surface area contributed by atoms with Crippen molar-refractivity contribution in [3.05, 3.63) is 40.4 Å². The van der Waals surface area contributed by atoms with Gasteiger partial charge in [0.25, 0.3) is 0 Å². The van der Waals surface area contributed by atoms with Crippen LogP contribution in [-0.2, 0) is 23.7 Å². The third-order valence-corrected chi connectivity index (χ3v) is 5.45. The number of halogens is 1. The fourth-order valence-corrected chi connectivity index (χ4v) is 4.22.